The van der Waals surface area contributed by atoms with Crippen LogP contribution in [0.2, 0.25) is 0 Å². The van der Waals surface area contributed by atoms with Crippen LogP contribution >= 0.6 is 0 Å². The van der Waals surface area contributed by atoms with Crippen molar-refractivity contribution < 1.29 is 9.53 Å². The van der Waals surface area contributed by atoms with E-state index in [4.69, 9.17) is 4.74 Å². The van der Waals surface area contributed by atoms with Crippen molar-refractivity contribution in [2.75, 3.05) is 26.2 Å². The molecule has 0 radical (unpaired) electrons. The van der Waals surface area contributed by atoms with Gasteiger partial charge < -0.3 is 9.64 Å². The second-order valence-corrected chi connectivity index (χ2v) is 9.56. The number of benzene rings is 2. The van der Waals surface area contributed by atoms with Gasteiger partial charge in [0.05, 0.1) is 6.61 Å². The third kappa shape index (κ3) is 7.18. The molecule has 2 aromatic rings. The molecule has 0 aromatic heterocycles. The Hall–Kier alpha value is -2.17. The van der Waals surface area contributed by atoms with E-state index in [0.29, 0.717) is 25.6 Å². The lowest BCUT2D eigenvalue weighted by atomic mass is 10.00. The predicted molar refractivity (Wildman–Crippen MR) is 132 cm³/mol. The van der Waals surface area contributed by atoms with Crippen LogP contribution in [0.5, 0.6) is 0 Å². The van der Waals surface area contributed by atoms with E-state index in [1.165, 1.54) is 35.1 Å². The Bertz CT molecular complexity index is 850. The standard InChI is InChI=1S/C28H40N2O2/c1-5-6-12-26-14-13-25(17-23(26)4)20-30(18-22(2)3)28(31)27-21-29(15-16-32-27)19-24-10-8-7-9-11-24/h7-11,13-14,17,22,27H,5-6,12,15-16,18-21H2,1-4H3. The fourth-order valence-corrected chi connectivity index (χ4v) is 4.44. The van der Waals surface area contributed by atoms with E-state index in [-0.39, 0.29) is 5.91 Å². The van der Waals surface area contributed by atoms with E-state index in [2.05, 4.69) is 75.1 Å². The number of ether oxygens (including phenoxy) is 1. The van der Waals surface area contributed by atoms with Crippen LogP contribution in [0.3, 0.4) is 0 Å². The van der Waals surface area contributed by atoms with Crippen LogP contribution in [-0.2, 0) is 29.0 Å². The van der Waals surface area contributed by atoms with Gasteiger partial charge in [0, 0.05) is 32.7 Å². The Morgan fingerprint density at radius 3 is 2.62 bits per heavy atom. The third-order valence-corrected chi connectivity index (χ3v) is 6.15. The summed E-state index contributed by atoms with van der Waals surface area (Å²) in [4.78, 5) is 17.8. The summed E-state index contributed by atoms with van der Waals surface area (Å²) in [5.74, 6) is 0.525. The number of carbonyl (C=O) groups excluding carboxylic acids is 1. The average molecular weight is 437 g/mol. The second kappa shape index (κ2) is 12.2. The molecule has 0 N–H and O–H groups in total. The molecule has 32 heavy (non-hydrogen) atoms. The molecule has 2 aromatic carbocycles. The number of aryl methyl sites for hydroxylation is 2. The molecule has 1 heterocycles. The first-order valence-corrected chi connectivity index (χ1v) is 12.2. The van der Waals surface area contributed by atoms with Crippen LogP contribution in [0.4, 0.5) is 0 Å². The first kappa shape index (κ1) is 24.5. The summed E-state index contributed by atoms with van der Waals surface area (Å²) in [7, 11) is 0. The maximum atomic E-state index is 13.5. The molecule has 0 saturated carbocycles. The van der Waals surface area contributed by atoms with Crippen molar-refractivity contribution in [3.63, 3.8) is 0 Å². The molecule has 1 unspecified atom stereocenters. The van der Waals surface area contributed by atoms with Crippen molar-refractivity contribution in [2.45, 2.75) is 66.2 Å². The zero-order valence-electron chi connectivity index (χ0n) is 20.3. The van der Waals surface area contributed by atoms with Crippen LogP contribution in [-0.4, -0.2) is 48.1 Å². The molecule has 1 aliphatic rings. The Labute approximate surface area is 194 Å². The number of unbranched alkanes of at least 4 members (excludes halogenated alkanes) is 1. The summed E-state index contributed by atoms with van der Waals surface area (Å²) in [6.45, 7) is 13.1. The lowest BCUT2D eigenvalue weighted by Gasteiger charge is -2.35. The summed E-state index contributed by atoms with van der Waals surface area (Å²) in [6, 6.07) is 17.2. The van der Waals surface area contributed by atoms with Gasteiger partial charge in [-0.25, -0.2) is 0 Å². The summed E-state index contributed by atoms with van der Waals surface area (Å²) >= 11 is 0. The molecule has 1 saturated heterocycles. The van der Waals surface area contributed by atoms with Crippen LogP contribution in [0.25, 0.3) is 0 Å². The molecule has 1 amide bonds. The molecule has 3 rings (SSSR count). The normalized spacial score (nSPS) is 17.0. The molecule has 4 nitrogen and oxygen atoms in total. The summed E-state index contributed by atoms with van der Waals surface area (Å²) in [6.07, 6.45) is 3.16. The average Bonchev–Trinajstić information content (AvgIpc) is 2.78. The first-order valence-electron chi connectivity index (χ1n) is 12.2. The fraction of sp³-hybridized carbons (Fsp3) is 0.536. The maximum Gasteiger partial charge on any atom is 0.253 e. The van der Waals surface area contributed by atoms with Gasteiger partial charge in [-0.05, 0) is 47.9 Å². The van der Waals surface area contributed by atoms with Gasteiger partial charge in [0.25, 0.3) is 5.91 Å². The highest BCUT2D eigenvalue weighted by molar-refractivity contribution is 5.81. The molecule has 1 aliphatic heterocycles. The zero-order valence-corrected chi connectivity index (χ0v) is 20.3. The molecule has 1 fully saturated rings. The molecular formula is C28H40N2O2. The van der Waals surface area contributed by atoms with E-state index in [0.717, 1.165) is 26.1 Å². The van der Waals surface area contributed by atoms with Crippen LogP contribution in [0.15, 0.2) is 48.5 Å². The van der Waals surface area contributed by atoms with E-state index in [1.807, 2.05) is 11.0 Å². The van der Waals surface area contributed by atoms with Crippen molar-refractivity contribution in [2.24, 2.45) is 5.92 Å². The number of nitrogens with zero attached hydrogens (tertiary/aromatic N) is 2. The second-order valence-electron chi connectivity index (χ2n) is 9.56. The Balaban J connectivity index is 1.66. The highest BCUT2D eigenvalue weighted by atomic mass is 16.5. The number of carbonyl (C=O) groups is 1. The largest absolute Gasteiger partial charge is 0.366 e. The highest BCUT2D eigenvalue weighted by Crippen LogP contribution is 2.18. The molecule has 4 heteroatoms. The smallest absolute Gasteiger partial charge is 0.253 e. The summed E-state index contributed by atoms with van der Waals surface area (Å²) in [5, 5.41) is 0. The number of rotatable bonds is 10. The summed E-state index contributed by atoms with van der Waals surface area (Å²) < 4.78 is 5.96. The van der Waals surface area contributed by atoms with E-state index < -0.39 is 6.10 Å². The van der Waals surface area contributed by atoms with Crippen molar-refractivity contribution in [1.29, 1.82) is 0 Å². The number of amides is 1. The van der Waals surface area contributed by atoms with E-state index in [1.54, 1.807) is 0 Å². The van der Waals surface area contributed by atoms with Gasteiger partial charge in [-0.1, -0.05) is 75.7 Å². The van der Waals surface area contributed by atoms with Crippen molar-refractivity contribution in [1.82, 2.24) is 9.80 Å². The van der Waals surface area contributed by atoms with Gasteiger partial charge in [-0.3, -0.25) is 9.69 Å². The molecule has 0 bridgehead atoms. The first-order chi connectivity index (χ1) is 15.5. The van der Waals surface area contributed by atoms with Crippen LogP contribution in [0.1, 0.15) is 55.9 Å². The number of hydrogen-bond acceptors (Lipinski definition) is 3. The SMILES string of the molecule is CCCCc1ccc(CN(CC(C)C)C(=O)C2CN(Cc3ccccc3)CCO2)cc1C. The lowest BCUT2D eigenvalue weighted by Crippen LogP contribution is -2.51. The molecule has 174 valence electrons. The molecular weight excluding hydrogens is 396 g/mol. The Kier molecular flexibility index (Phi) is 9.31. The zero-order chi connectivity index (χ0) is 22.9. The third-order valence-electron chi connectivity index (χ3n) is 6.15. The van der Waals surface area contributed by atoms with Gasteiger partial charge in [0.15, 0.2) is 0 Å². The highest BCUT2D eigenvalue weighted by Gasteiger charge is 2.30. The molecule has 0 spiro atoms. The summed E-state index contributed by atoms with van der Waals surface area (Å²) in [5.41, 5.74) is 5.23. The van der Waals surface area contributed by atoms with Gasteiger partial charge in [-0.15, -0.1) is 0 Å². The monoisotopic (exact) mass is 436 g/mol. The van der Waals surface area contributed by atoms with Crippen molar-refractivity contribution >= 4 is 5.91 Å². The van der Waals surface area contributed by atoms with Crippen molar-refractivity contribution in [3.8, 4) is 0 Å². The predicted octanol–water partition coefficient (Wildman–Crippen LogP) is 5.22. The molecule has 1 atom stereocenters. The number of morpholine rings is 1. The minimum Gasteiger partial charge on any atom is -0.366 e. The van der Waals surface area contributed by atoms with Crippen LogP contribution < -0.4 is 0 Å². The lowest BCUT2D eigenvalue weighted by molar-refractivity contribution is -0.151. The van der Waals surface area contributed by atoms with Gasteiger partial charge in [-0.2, -0.15) is 0 Å². The molecule has 0 aliphatic carbocycles. The Morgan fingerprint density at radius 2 is 1.94 bits per heavy atom. The van der Waals surface area contributed by atoms with Crippen LogP contribution in [0, 0.1) is 12.8 Å². The fourth-order valence-electron chi connectivity index (χ4n) is 4.44. The number of hydrogen-bond donors (Lipinski definition) is 0. The maximum absolute atomic E-state index is 13.5. The van der Waals surface area contributed by atoms with E-state index in [9.17, 15) is 4.79 Å². The van der Waals surface area contributed by atoms with Gasteiger partial charge in [0.1, 0.15) is 6.10 Å². The van der Waals surface area contributed by atoms with E-state index >= 15 is 0 Å². The minimum atomic E-state index is -0.392. The quantitative estimate of drug-likeness (QED) is 0.512. The van der Waals surface area contributed by atoms with Gasteiger partial charge >= 0.3 is 0 Å². The Morgan fingerprint density at radius 1 is 1.16 bits per heavy atom. The minimum absolute atomic E-state index is 0.115. The topological polar surface area (TPSA) is 32.8 Å². The van der Waals surface area contributed by atoms with Crippen molar-refractivity contribution in [3.05, 3.63) is 70.8 Å². The van der Waals surface area contributed by atoms with Gasteiger partial charge in [0.2, 0.25) is 0 Å².